The van der Waals surface area contributed by atoms with Crippen LogP contribution in [0.2, 0.25) is 0 Å². The van der Waals surface area contributed by atoms with Crippen molar-refractivity contribution >= 4 is 17.2 Å². The van der Waals surface area contributed by atoms with E-state index in [0.717, 1.165) is 0 Å². The van der Waals surface area contributed by atoms with E-state index in [1.807, 2.05) is 13.8 Å². The molecule has 0 aliphatic carbocycles. The standard InChI is InChI=1S/C3H7NO2P2/c1-3(2)4(7-5)8-6/h3H,1-2H3. The maximum Gasteiger partial charge on any atom is 0.260 e. The van der Waals surface area contributed by atoms with E-state index in [1.165, 1.54) is 4.44 Å². The van der Waals surface area contributed by atoms with Crippen LogP contribution in [0, 0.1) is 0 Å². The van der Waals surface area contributed by atoms with Crippen molar-refractivity contribution in [3.8, 4) is 0 Å². The van der Waals surface area contributed by atoms with Crippen molar-refractivity contribution in [1.29, 1.82) is 0 Å². The Balaban J connectivity index is 3.68. The zero-order valence-corrected chi connectivity index (χ0v) is 6.52. The number of rotatable bonds is 3. The normalized spacial score (nSPS) is 12.0. The lowest BCUT2D eigenvalue weighted by Crippen LogP contribution is -2.08. The molecule has 0 N–H and O–H groups in total. The molecule has 0 aromatic carbocycles. The van der Waals surface area contributed by atoms with Gasteiger partial charge in [0.1, 0.15) is 0 Å². The Morgan fingerprint density at radius 3 is 1.62 bits per heavy atom. The average molecular weight is 151 g/mol. The predicted octanol–water partition coefficient (Wildman–Crippen LogP) is 2.11. The van der Waals surface area contributed by atoms with Gasteiger partial charge >= 0.3 is 0 Å². The molecule has 0 saturated carbocycles. The van der Waals surface area contributed by atoms with Crippen LogP contribution in [0.15, 0.2) is 0 Å². The molecule has 0 radical (unpaired) electrons. The molecule has 3 nitrogen and oxygen atoms in total. The zero-order valence-electron chi connectivity index (χ0n) is 4.74. The Bertz CT molecular complexity index is 87.3. The summed E-state index contributed by atoms with van der Waals surface area (Å²) in [6, 6.07) is 0.0633. The molecule has 0 unspecified atom stereocenters. The molecule has 0 heterocycles. The molecule has 0 amide bonds. The maximum absolute atomic E-state index is 9.99. The number of hydrogen-bond acceptors (Lipinski definition) is 2. The lowest BCUT2D eigenvalue weighted by atomic mass is 10.4. The van der Waals surface area contributed by atoms with Gasteiger partial charge in [-0.2, -0.15) is 0 Å². The molecular formula is C3H7NO2P2. The summed E-state index contributed by atoms with van der Waals surface area (Å²) in [5.41, 5.74) is 0. The predicted molar refractivity (Wildman–Crippen MR) is 32.2 cm³/mol. The molecule has 0 fully saturated rings. The first-order chi connectivity index (χ1) is 3.72. The van der Waals surface area contributed by atoms with Gasteiger partial charge in [-0.05, 0) is 13.8 Å². The topological polar surface area (TPSA) is 37.4 Å². The summed E-state index contributed by atoms with van der Waals surface area (Å²) in [6.45, 7) is 3.63. The Morgan fingerprint density at radius 1 is 1.25 bits per heavy atom. The van der Waals surface area contributed by atoms with Crippen LogP contribution in [0.25, 0.3) is 0 Å². The first-order valence-electron chi connectivity index (χ1n) is 2.18. The molecular weight excluding hydrogens is 144 g/mol. The third-order valence-corrected chi connectivity index (χ3v) is 2.33. The van der Waals surface area contributed by atoms with Crippen molar-refractivity contribution in [2.45, 2.75) is 19.9 Å². The van der Waals surface area contributed by atoms with E-state index in [9.17, 15) is 9.13 Å². The molecule has 46 valence electrons. The smallest absolute Gasteiger partial charge is 0.255 e. The Hall–Kier alpha value is 0.160. The molecule has 0 aliphatic heterocycles. The highest BCUT2D eigenvalue weighted by Crippen LogP contribution is 2.19. The molecule has 0 bridgehead atoms. The van der Waals surface area contributed by atoms with Crippen molar-refractivity contribution in [3.05, 3.63) is 0 Å². The molecule has 0 rings (SSSR count). The van der Waals surface area contributed by atoms with Gasteiger partial charge in [-0.15, -0.1) is 4.44 Å². The van der Waals surface area contributed by atoms with Crippen LogP contribution in [0.1, 0.15) is 13.8 Å². The number of hydrogen-bond donors (Lipinski definition) is 0. The molecule has 8 heavy (non-hydrogen) atoms. The molecule has 0 atom stereocenters. The minimum Gasteiger partial charge on any atom is -0.255 e. The summed E-state index contributed by atoms with van der Waals surface area (Å²) in [7, 11) is -0.376. The van der Waals surface area contributed by atoms with Crippen molar-refractivity contribution in [2.75, 3.05) is 0 Å². The second kappa shape index (κ2) is 4.08. The minimum atomic E-state index is -0.188. The van der Waals surface area contributed by atoms with Gasteiger partial charge in [-0.1, -0.05) is 0 Å². The maximum atomic E-state index is 9.99. The van der Waals surface area contributed by atoms with Gasteiger partial charge < -0.3 is 0 Å². The van der Waals surface area contributed by atoms with Crippen molar-refractivity contribution in [1.82, 2.24) is 4.44 Å². The van der Waals surface area contributed by atoms with Crippen LogP contribution in [0.4, 0.5) is 0 Å². The highest BCUT2D eigenvalue weighted by atomic mass is 31.1. The molecule has 0 spiro atoms. The highest BCUT2D eigenvalue weighted by Gasteiger charge is 2.06. The fourth-order valence-corrected chi connectivity index (χ4v) is 0.700. The van der Waals surface area contributed by atoms with E-state index in [-0.39, 0.29) is 23.3 Å². The van der Waals surface area contributed by atoms with E-state index < -0.39 is 0 Å². The van der Waals surface area contributed by atoms with Crippen molar-refractivity contribution in [2.24, 2.45) is 0 Å². The van der Waals surface area contributed by atoms with Crippen LogP contribution in [-0.4, -0.2) is 10.5 Å². The summed E-state index contributed by atoms with van der Waals surface area (Å²) < 4.78 is 21.2. The third-order valence-electron chi connectivity index (χ3n) is 0.629. The van der Waals surface area contributed by atoms with Crippen LogP contribution in [-0.2, 0) is 9.13 Å². The summed E-state index contributed by atoms with van der Waals surface area (Å²) in [5, 5.41) is 0. The Morgan fingerprint density at radius 2 is 1.62 bits per heavy atom. The van der Waals surface area contributed by atoms with E-state index >= 15 is 0 Å². The SMILES string of the molecule is CC(C)N(P=O)P=O. The highest BCUT2D eigenvalue weighted by molar-refractivity contribution is 7.37. The molecule has 0 saturated heterocycles. The van der Waals surface area contributed by atoms with Gasteiger partial charge in [0, 0.05) is 6.04 Å². The lowest BCUT2D eigenvalue weighted by molar-refractivity contribution is 0.500. The van der Waals surface area contributed by atoms with Gasteiger partial charge in [0.2, 0.25) is 0 Å². The van der Waals surface area contributed by atoms with E-state index in [4.69, 9.17) is 0 Å². The van der Waals surface area contributed by atoms with Gasteiger partial charge in [-0.3, -0.25) is 9.13 Å². The van der Waals surface area contributed by atoms with Crippen LogP contribution < -0.4 is 0 Å². The second-order valence-corrected chi connectivity index (χ2v) is 3.08. The van der Waals surface area contributed by atoms with Crippen molar-refractivity contribution < 1.29 is 9.13 Å². The third kappa shape index (κ3) is 2.46. The zero-order chi connectivity index (χ0) is 6.57. The largest absolute Gasteiger partial charge is 0.260 e. The average Bonchev–Trinajstić information content (AvgIpc) is 1.69. The molecule has 5 heteroatoms. The van der Waals surface area contributed by atoms with Gasteiger partial charge in [-0.25, -0.2) is 0 Å². The van der Waals surface area contributed by atoms with Crippen molar-refractivity contribution in [3.63, 3.8) is 0 Å². The summed E-state index contributed by atoms with van der Waals surface area (Å²) in [5.74, 6) is 0. The minimum absolute atomic E-state index is 0.0633. The molecule has 0 aromatic rings. The fraction of sp³-hybridized carbons (Fsp3) is 1.00. The Labute approximate surface area is 51.6 Å². The van der Waals surface area contributed by atoms with Gasteiger partial charge in [0.05, 0.1) is 0 Å². The Kier molecular flexibility index (Phi) is 4.16. The molecule has 0 aromatic heterocycles. The monoisotopic (exact) mass is 151 g/mol. The number of nitrogens with zero attached hydrogens (tertiary/aromatic N) is 1. The fourth-order valence-electron chi connectivity index (χ4n) is 0.203. The van der Waals surface area contributed by atoms with Crippen LogP contribution in [0.3, 0.4) is 0 Å². The van der Waals surface area contributed by atoms with Gasteiger partial charge in [0.15, 0.2) is 0 Å². The van der Waals surface area contributed by atoms with E-state index in [1.54, 1.807) is 0 Å². The van der Waals surface area contributed by atoms with Crippen LogP contribution >= 0.6 is 17.2 Å². The van der Waals surface area contributed by atoms with Crippen LogP contribution in [0.5, 0.6) is 0 Å². The quantitative estimate of drug-likeness (QED) is 0.579. The van der Waals surface area contributed by atoms with E-state index in [0.29, 0.717) is 0 Å². The summed E-state index contributed by atoms with van der Waals surface area (Å²) in [4.78, 5) is 0. The summed E-state index contributed by atoms with van der Waals surface area (Å²) in [6.07, 6.45) is 0. The molecule has 0 aliphatic rings. The lowest BCUT2D eigenvalue weighted by Gasteiger charge is -2.05. The first kappa shape index (κ1) is 8.16. The second-order valence-electron chi connectivity index (χ2n) is 1.58. The van der Waals surface area contributed by atoms with Gasteiger partial charge in [0.25, 0.3) is 17.2 Å². The van der Waals surface area contributed by atoms with E-state index in [2.05, 4.69) is 0 Å². The first-order valence-corrected chi connectivity index (χ1v) is 3.71. The summed E-state index contributed by atoms with van der Waals surface area (Å²) >= 11 is 0.